The Labute approximate surface area is 100 Å². The predicted molar refractivity (Wildman–Crippen MR) is 64.0 cm³/mol. The van der Waals surface area contributed by atoms with Gasteiger partial charge in [0.1, 0.15) is 5.82 Å². The number of hydrogen-bond acceptors (Lipinski definition) is 2. The molecule has 1 aromatic carbocycles. The summed E-state index contributed by atoms with van der Waals surface area (Å²) < 4.78 is 13.0. The fraction of sp³-hybridized carbons (Fsp3) is 0.462. The maximum absolute atomic E-state index is 13.0. The van der Waals surface area contributed by atoms with Crippen LogP contribution < -0.4 is 10.6 Å². The van der Waals surface area contributed by atoms with Crippen LogP contribution in [0.25, 0.3) is 0 Å². The molecule has 2 N–H and O–H groups in total. The van der Waals surface area contributed by atoms with Gasteiger partial charge in [-0.2, -0.15) is 0 Å². The molecule has 1 fully saturated rings. The molecule has 0 bridgehead atoms. The monoisotopic (exact) mass is 236 g/mol. The molecule has 1 saturated heterocycles. The Morgan fingerprint density at radius 1 is 1.59 bits per heavy atom. The molecular weight excluding hydrogens is 219 g/mol. The van der Waals surface area contributed by atoms with Crippen molar-refractivity contribution in [1.82, 2.24) is 10.6 Å². The SMILES string of the molecule is Cc1ccc(F)cc1CNC(=O)C1CCNC1. The van der Waals surface area contributed by atoms with Crippen molar-refractivity contribution in [2.75, 3.05) is 13.1 Å². The molecule has 4 heteroatoms. The lowest BCUT2D eigenvalue weighted by atomic mass is 10.1. The molecule has 1 atom stereocenters. The highest BCUT2D eigenvalue weighted by Gasteiger charge is 2.21. The van der Waals surface area contributed by atoms with E-state index in [0.29, 0.717) is 6.54 Å². The Morgan fingerprint density at radius 2 is 2.41 bits per heavy atom. The third-order valence-corrected chi connectivity index (χ3v) is 3.20. The largest absolute Gasteiger partial charge is 0.352 e. The van der Waals surface area contributed by atoms with E-state index in [9.17, 15) is 9.18 Å². The van der Waals surface area contributed by atoms with Crippen LogP contribution in [0.5, 0.6) is 0 Å². The smallest absolute Gasteiger partial charge is 0.224 e. The first-order chi connectivity index (χ1) is 8.16. The fourth-order valence-electron chi connectivity index (χ4n) is 2.04. The first kappa shape index (κ1) is 12.0. The minimum atomic E-state index is -0.262. The summed E-state index contributed by atoms with van der Waals surface area (Å²) in [5.41, 5.74) is 1.83. The molecule has 2 rings (SSSR count). The number of hydrogen-bond donors (Lipinski definition) is 2. The normalized spacial score (nSPS) is 19.3. The summed E-state index contributed by atoms with van der Waals surface area (Å²) in [5, 5.41) is 6.01. The van der Waals surface area contributed by atoms with Crippen LogP contribution in [-0.2, 0) is 11.3 Å². The summed E-state index contributed by atoms with van der Waals surface area (Å²) in [6.07, 6.45) is 0.883. The van der Waals surface area contributed by atoms with Crippen molar-refractivity contribution in [1.29, 1.82) is 0 Å². The molecule has 0 spiro atoms. The number of rotatable bonds is 3. The lowest BCUT2D eigenvalue weighted by molar-refractivity contribution is -0.124. The van der Waals surface area contributed by atoms with Crippen molar-refractivity contribution < 1.29 is 9.18 Å². The second-order valence-corrected chi connectivity index (χ2v) is 4.48. The van der Waals surface area contributed by atoms with E-state index >= 15 is 0 Å². The van der Waals surface area contributed by atoms with Crippen molar-refractivity contribution >= 4 is 5.91 Å². The van der Waals surface area contributed by atoms with E-state index < -0.39 is 0 Å². The lowest BCUT2D eigenvalue weighted by Crippen LogP contribution is -2.31. The molecule has 0 saturated carbocycles. The van der Waals surface area contributed by atoms with Crippen LogP contribution >= 0.6 is 0 Å². The number of carbonyl (C=O) groups excluding carboxylic acids is 1. The summed E-state index contributed by atoms with van der Waals surface area (Å²) >= 11 is 0. The number of carbonyl (C=O) groups is 1. The van der Waals surface area contributed by atoms with Crippen molar-refractivity contribution in [3.05, 3.63) is 35.1 Å². The molecule has 1 amide bonds. The number of halogens is 1. The molecule has 3 nitrogen and oxygen atoms in total. The van der Waals surface area contributed by atoms with Crippen LogP contribution in [0.3, 0.4) is 0 Å². The zero-order chi connectivity index (χ0) is 12.3. The number of amides is 1. The highest BCUT2D eigenvalue weighted by molar-refractivity contribution is 5.79. The molecule has 1 aliphatic rings. The van der Waals surface area contributed by atoms with Gasteiger partial charge < -0.3 is 10.6 Å². The van der Waals surface area contributed by atoms with Gasteiger partial charge in [0.05, 0.1) is 5.92 Å². The summed E-state index contributed by atoms with van der Waals surface area (Å²) in [6, 6.07) is 4.64. The molecule has 17 heavy (non-hydrogen) atoms. The number of benzene rings is 1. The van der Waals surface area contributed by atoms with E-state index in [2.05, 4.69) is 10.6 Å². The van der Waals surface area contributed by atoms with Crippen LogP contribution in [0.4, 0.5) is 4.39 Å². The zero-order valence-corrected chi connectivity index (χ0v) is 9.92. The van der Waals surface area contributed by atoms with Crippen LogP contribution in [0.1, 0.15) is 17.5 Å². The molecule has 92 valence electrons. The third-order valence-electron chi connectivity index (χ3n) is 3.20. The van der Waals surface area contributed by atoms with Gasteiger partial charge >= 0.3 is 0 Å². The molecule has 0 aromatic heterocycles. The minimum Gasteiger partial charge on any atom is -0.352 e. The highest BCUT2D eigenvalue weighted by Crippen LogP contribution is 2.11. The van der Waals surface area contributed by atoms with Crippen LogP contribution in [0.2, 0.25) is 0 Å². The average Bonchev–Trinajstić information content (AvgIpc) is 2.83. The molecule has 1 unspecified atom stereocenters. The van der Waals surface area contributed by atoms with Gasteiger partial charge in [0.2, 0.25) is 5.91 Å². The Balaban J connectivity index is 1.92. The summed E-state index contributed by atoms with van der Waals surface area (Å²) in [6.45, 7) is 3.96. The Bertz CT molecular complexity index is 414. The summed E-state index contributed by atoms with van der Waals surface area (Å²) in [5.74, 6) is -0.148. The highest BCUT2D eigenvalue weighted by atomic mass is 19.1. The van der Waals surface area contributed by atoms with Gasteiger partial charge in [-0.15, -0.1) is 0 Å². The quantitative estimate of drug-likeness (QED) is 0.832. The van der Waals surface area contributed by atoms with Crippen LogP contribution in [-0.4, -0.2) is 19.0 Å². The van der Waals surface area contributed by atoms with Gasteiger partial charge in [-0.05, 0) is 43.1 Å². The first-order valence-corrected chi connectivity index (χ1v) is 5.90. The van der Waals surface area contributed by atoms with Gasteiger partial charge in [0, 0.05) is 13.1 Å². The van der Waals surface area contributed by atoms with Crippen molar-refractivity contribution in [2.24, 2.45) is 5.92 Å². The molecule has 0 aliphatic carbocycles. The van der Waals surface area contributed by atoms with Gasteiger partial charge in [-0.3, -0.25) is 4.79 Å². The van der Waals surface area contributed by atoms with Gasteiger partial charge in [0.15, 0.2) is 0 Å². The lowest BCUT2D eigenvalue weighted by Gasteiger charge is -2.11. The standard InChI is InChI=1S/C13H17FN2O/c1-9-2-3-12(14)6-11(9)8-16-13(17)10-4-5-15-7-10/h2-3,6,10,15H,4-5,7-8H2,1H3,(H,16,17). The fourth-order valence-corrected chi connectivity index (χ4v) is 2.04. The van der Waals surface area contributed by atoms with E-state index in [-0.39, 0.29) is 17.6 Å². The maximum Gasteiger partial charge on any atom is 0.224 e. The second-order valence-electron chi connectivity index (χ2n) is 4.48. The van der Waals surface area contributed by atoms with Crippen molar-refractivity contribution in [3.63, 3.8) is 0 Å². The van der Waals surface area contributed by atoms with Crippen LogP contribution in [0.15, 0.2) is 18.2 Å². The topological polar surface area (TPSA) is 41.1 Å². The molecule has 1 aliphatic heterocycles. The maximum atomic E-state index is 13.0. The van der Waals surface area contributed by atoms with E-state index in [1.165, 1.54) is 12.1 Å². The average molecular weight is 236 g/mol. The summed E-state index contributed by atoms with van der Waals surface area (Å²) in [7, 11) is 0. The number of aryl methyl sites for hydroxylation is 1. The summed E-state index contributed by atoms with van der Waals surface area (Å²) in [4.78, 5) is 11.8. The van der Waals surface area contributed by atoms with E-state index in [0.717, 1.165) is 30.6 Å². The zero-order valence-electron chi connectivity index (χ0n) is 9.92. The Hall–Kier alpha value is -1.42. The molecule has 1 heterocycles. The molecule has 1 aromatic rings. The van der Waals surface area contributed by atoms with Gasteiger partial charge in [0.25, 0.3) is 0 Å². The van der Waals surface area contributed by atoms with Crippen molar-refractivity contribution in [2.45, 2.75) is 19.9 Å². The number of nitrogens with one attached hydrogen (secondary N) is 2. The Kier molecular flexibility index (Phi) is 3.74. The Morgan fingerprint density at radius 3 is 3.12 bits per heavy atom. The first-order valence-electron chi connectivity index (χ1n) is 5.90. The molecular formula is C13H17FN2O. The second kappa shape index (κ2) is 5.27. The van der Waals surface area contributed by atoms with E-state index in [1.54, 1.807) is 6.07 Å². The third kappa shape index (κ3) is 3.03. The van der Waals surface area contributed by atoms with Crippen molar-refractivity contribution in [3.8, 4) is 0 Å². The van der Waals surface area contributed by atoms with Gasteiger partial charge in [-0.1, -0.05) is 6.07 Å². The minimum absolute atomic E-state index is 0.0543. The van der Waals surface area contributed by atoms with E-state index in [4.69, 9.17) is 0 Å². The molecule has 0 radical (unpaired) electrons. The van der Waals surface area contributed by atoms with Crippen LogP contribution in [0, 0.1) is 18.7 Å². The predicted octanol–water partition coefficient (Wildman–Crippen LogP) is 1.36. The van der Waals surface area contributed by atoms with Gasteiger partial charge in [-0.25, -0.2) is 4.39 Å². The van der Waals surface area contributed by atoms with E-state index in [1.807, 2.05) is 6.92 Å².